The maximum absolute atomic E-state index is 3.45. The highest BCUT2D eigenvalue weighted by molar-refractivity contribution is 5.63. The molecule has 0 saturated carbocycles. The predicted octanol–water partition coefficient (Wildman–Crippen LogP) is 2.83. The van der Waals surface area contributed by atoms with Crippen molar-refractivity contribution in [1.82, 2.24) is 15.1 Å². The van der Waals surface area contributed by atoms with E-state index in [2.05, 4.69) is 69.7 Å². The van der Waals surface area contributed by atoms with Crippen molar-refractivity contribution in [3.63, 3.8) is 0 Å². The molecule has 0 radical (unpaired) electrons. The van der Waals surface area contributed by atoms with Crippen molar-refractivity contribution in [2.75, 3.05) is 39.3 Å². The Morgan fingerprint density at radius 1 is 0.833 bits per heavy atom. The second-order valence-electron chi connectivity index (χ2n) is 7.03. The zero-order valence-electron chi connectivity index (χ0n) is 14.3. The second kappa shape index (κ2) is 7.47. The van der Waals surface area contributed by atoms with Gasteiger partial charge >= 0.3 is 0 Å². The lowest BCUT2D eigenvalue weighted by atomic mass is 10.0. The molecule has 2 saturated heterocycles. The van der Waals surface area contributed by atoms with E-state index in [0.29, 0.717) is 0 Å². The van der Waals surface area contributed by atoms with Crippen LogP contribution in [0.15, 0.2) is 54.6 Å². The van der Waals surface area contributed by atoms with Gasteiger partial charge in [-0.25, -0.2) is 0 Å². The molecule has 2 heterocycles. The third-order valence-corrected chi connectivity index (χ3v) is 5.38. The van der Waals surface area contributed by atoms with Gasteiger partial charge in [-0.1, -0.05) is 54.6 Å². The number of hydrogen-bond acceptors (Lipinski definition) is 3. The van der Waals surface area contributed by atoms with Crippen molar-refractivity contribution in [2.24, 2.45) is 0 Å². The third-order valence-electron chi connectivity index (χ3n) is 5.38. The Hall–Kier alpha value is -1.68. The Labute approximate surface area is 145 Å². The number of nitrogens with one attached hydrogen (secondary N) is 1. The summed E-state index contributed by atoms with van der Waals surface area (Å²) in [6.45, 7) is 8.26. The number of rotatable bonds is 4. The van der Waals surface area contributed by atoms with Crippen molar-refractivity contribution >= 4 is 0 Å². The van der Waals surface area contributed by atoms with Crippen LogP contribution < -0.4 is 5.32 Å². The highest BCUT2D eigenvalue weighted by Crippen LogP contribution is 2.22. The standard InChI is InChI=1S/C21H27N3/c1-2-4-19(5-3-1)20-8-6-18(7-9-20)16-23-13-10-21(17-23)24-14-11-22-12-15-24/h1-9,21-22H,10-17H2. The lowest BCUT2D eigenvalue weighted by molar-refractivity contribution is 0.170. The Balaban J connectivity index is 1.34. The van der Waals surface area contributed by atoms with Crippen LogP contribution in [0.5, 0.6) is 0 Å². The average Bonchev–Trinajstić information content (AvgIpc) is 3.12. The first kappa shape index (κ1) is 15.8. The minimum Gasteiger partial charge on any atom is -0.314 e. The van der Waals surface area contributed by atoms with E-state index in [1.807, 2.05) is 0 Å². The molecular formula is C21H27N3. The van der Waals surface area contributed by atoms with Gasteiger partial charge in [-0.15, -0.1) is 0 Å². The van der Waals surface area contributed by atoms with E-state index in [-0.39, 0.29) is 0 Å². The monoisotopic (exact) mass is 321 g/mol. The molecule has 1 atom stereocenters. The van der Waals surface area contributed by atoms with Gasteiger partial charge in [-0.2, -0.15) is 0 Å². The van der Waals surface area contributed by atoms with Crippen LogP contribution in [0.2, 0.25) is 0 Å². The molecule has 0 aromatic heterocycles. The minimum atomic E-state index is 0.760. The molecule has 0 aliphatic carbocycles. The maximum atomic E-state index is 3.45. The molecule has 3 nitrogen and oxygen atoms in total. The molecule has 2 aromatic rings. The SMILES string of the molecule is c1ccc(-c2ccc(CN3CCC(N4CCNCC4)C3)cc2)cc1. The van der Waals surface area contributed by atoms with Gasteiger partial charge in [0.15, 0.2) is 0 Å². The summed E-state index contributed by atoms with van der Waals surface area (Å²) in [5, 5.41) is 3.45. The predicted molar refractivity (Wildman–Crippen MR) is 100 cm³/mol. The van der Waals surface area contributed by atoms with Crippen molar-refractivity contribution in [1.29, 1.82) is 0 Å². The van der Waals surface area contributed by atoms with E-state index in [9.17, 15) is 0 Å². The zero-order chi connectivity index (χ0) is 16.2. The molecule has 0 spiro atoms. The van der Waals surface area contributed by atoms with Crippen molar-refractivity contribution in [2.45, 2.75) is 19.0 Å². The van der Waals surface area contributed by atoms with Crippen LogP contribution in [0.25, 0.3) is 11.1 Å². The van der Waals surface area contributed by atoms with Crippen LogP contribution in [-0.4, -0.2) is 55.1 Å². The van der Waals surface area contributed by atoms with Gasteiger partial charge in [-0.05, 0) is 23.1 Å². The third kappa shape index (κ3) is 3.69. The molecule has 2 aliphatic heterocycles. The van der Waals surface area contributed by atoms with Gasteiger partial charge in [-0.3, -0.25) is 9.80 Å². The molecule has 0 amide bonds. The maximum Gasteiger partial charge on any atom is 0.0236 e. The average molecular weight is 321 g/mol. The number of benzene rings is 2. The summed E-state index contributed by atoms with van der Waals surface area (Å²) in [5.41, 5.74) is 4.03. The normalized spacial score (nSPS) is 22.8. The van der Waals surface area contributed by atoms with E-state index in [1.165, 1.54) is 49.3 Å². The van der Waals surface area contributed by atoms with Crippen molar-refractivity contribution in [3.05, 3.63) is 60.2 Å². The van der Waals surface area contributed by atoms with Crippen LogP contribution >= 0.6 is 0 Å². The van der Waals surface area contributed by atoms with E-state index < -0.39 is 0 Å². The summed E-state index contributed by atoms with van der Waals surface area (Å²) in [5.74, 6) is 0. The second-order valence-corrected chi connectivity index (χ2v) is 7.03. The van der Waals surface area contributed by atoms with Crippen LogP contribution in [-0.2, 0) is 6.54 Å². The summed E-state index contributed by atoms with van der Waals surface area (Å²) >= 11 is 0. The lowest BCUT2D eigenvalue weighted by Gasteiger charge is -2.32. The Morgan fingerprint density at radius 3 is 2.29 bits per heavy atom. The minimum absolute atomic E-state index is 0.760. The summed E-state index contributed by atoms with van der Waals surface area (Å²) in [6.07, 6.45) is 1.32. The first-order valence-electron chi connectivity index (χ1n) is 9.20. The van der Waals surface area contributed by atoms with E-state index in [1.54, 1.807) is 0 Å². The number of nitrogens with zero attached hydrogens (tertiary/aromatic N) is 2. The zero-order valence-corrected chi connectivity index (χ0v) is 14.3. The summed E-state index contributed by atoms with van der Waals surface area (Å²) < 4.78 is 0. The van der Waals surface area contributed by atoms with Crippen molar-refractivity contribution < 1.29 is 0 Å². The topological polar surface area (TPSA) is 18.5 Å². The number of hydrogen-bond donors (Lipinski definition) is 1. The molecule has 4 rings (SSSR count). The lowest BCUT2D eigenvalue weighted by Crippen LogP contribution is -2.49. The molecule has 1 unspecified atom stereocenters. The largest absolute Gasteiger partial charge is 0.314 e. The molecule has 126 valence electrons. The summed E-state index contributed by atoms with van der Waals surface area (Å²) in [4.78, 5) is 5.29. The van der Waals surface area contributed by atoms with Gasteiger partial charge in [0, 0.05) is 51.9 Å². The highest BCUT2D eigenvalue weighted by Gasteiger charge is 2.28. The van der Waals surface area contributed by atoms with Crippen LogP contribution in [0, 0.1) is 0 Å². The number of likely N-dealkylation sites (tertiary alicyclic amines) is 1. The van der Waals surface area contributed by atoms with Gasteiger partial charge in [0.2, 0.25) is 0 Å². The van der Waals surface area contributed by atoms with Gasteiger partial charge in [0.25, 0.3) is 0 Å². The van der Waals surface area contributed by atoms with Crippen LogP contribution in [0.3, 0.4) is 0 Å². The molecule has 1 N–H and O–H groups in total. The first-order chi connectivity index (χ1) is 11.9. The van der Waals surface area contributed by atoms with Crippen LogP contribution in [0.1, 0.15) is 12.0 Å². The Bertz CT molecular complexity index is 632. The molecule has 2 fully saturated rings. The molecule has 2 aromatic carbocycles. The molecule has 24 heavy (non-hydrogen) atoms. The molecule has 3 heteroatoms. The fraction of sp³-hybridized carbons (Fsp3) is 0.429. The Kier molecular flexibility index (Phi) is 4.93. The van der Waals surface area contributed by atoms with Gasteiger partial charge in [0.05, 0.1) is 0 Å². The summed E-state index contributed by atoms with van der Waals surface area (Å²) in [6, 6.07) is 20.5. The fourth-order valence-corrected chi connectivity index (χ4v) is 3.99. The first-order valence-corrected chi connectivity index (χ1v) is 9.20. The van der Waals surface area contributed by atoms with Crippen LogP contribution in [0.4, 0.5) is 0 Å². The quantitative estimate of drug-likeness (QED) is 0.934. The van der Waals surface area contributed by atoms with E-state index >= 15 is 0 Å². The van der Waals surface area contributed by atoms with Gasteiger partial charge < -0.3 is 5.32 Å². The van der Waals surface area contributed by atoms with Gasteiger partial charge in [0.1, 0.15) is 0 Å². The van der Waals surface area contributed by atoms with Crippen molar-refractivity contribution in [3.8, 4) is 11.1 Å². The Morgan fingerprint density at radius 2 is 1.54 bits per heavy atom. The van der Waals surface area contributed by atoms with E-state index in [0.717, 1.165) is 25.7 Å². The number of piperazine rings is 1. The highest BCUT2D eigenvalue weighted by atomic mass is 15.3. The molecule has 2 aliphatic rings. The molecular weight excluding hydrogens is 294 g/mol. The molecule has 0 bridgehead atoms. The summed E-state index contributed by atoms with van der Waals surface area (Å²) in [7, 11) is 0. The van der Waals surface area contributed by atoms with E-state index in [4.69, 9.17) is 0 Å². The smallest absolute Gasteiger partial charge is 0.0236 e. The fourth-order valence-electron chi connectivity index (χ4n) is 3.99.